The van der Waals surface area contributed by atoms with Crippen LogP contribution in [0.25, 0.3) is 0 Å². The molecular weight excluding hydrogens is 378 g/mol. The number of amides is 1. The summed E-state index contributed by atoms with van der Waals surface area (Å²) in [6, 6.07) is 26.1. The van der Waals surface area contributed by atoms with Crippen LogP contribution in [-0.2, 0) is 5.75 Å². The summed E-state index contributed by atoms with van der Waals surface area (Å²) in [6.45, 7) is 5.20. The molecule has 0 aliphatic rings. The van der Waals surface area contributed by atoms with Crippen LogP contribution in [0.15, 0.2) is 83.8 Å². The minimum atomic E-state index is -0.0759. The van der Waals surface area contributed by atoms with Gasteiger partial charge in [0.05, 0.1) is 6.54 Å². The molecule has 1 N–H and O–H groups in total. The molecule has 0 spiro atoms. The van der Waals surface area contributed by atoms with Crippen molar-refractivity contribution in [2.24, 2.45) is 0 Å². The number of rotatable bonds is 9. The van der Waals surface area contributed by atoms with Gasteiger partial charge in [-0.05, 0) is 47.4 Å². The highest BCUT2D eigenvalue weighted by Gasteiger charge is 2.08. The third-order valence-corrected chi connectivity index (χ3v) is 5.63. The molecule has 0 atom stereocenters. The van der Waals surface area contributed by atoms with Gasteiger partial charge in [-0.2, -0.15) is 0 Å². The van der Waals surface area contributed by atoms with Gasteiger partial charge in [0.15, 0.2) is 0 Å². The molecule has 0 aliphatic carbocycles. The fourth-order valence-corrected chi connectivity index (χ4v) is 3.83. The molecule has 3 aromatic rings. The lowest BCUT2D eigenvalue weighted by Gasteiger charge is -2.14. The van der Waals surface area contributed by atoms with Crippen LogP contribution in [0, 0.1) is 0 Å². The molecule has 0 bridgehead atoms. The van der Waals surface area contributed by atoms with Crippen LogP contribution < -0.4 is 10.1 Å². The van der Waals surface area contributed by atoms with E-state index in [0.29, 0.717) is 24.6 Å². The largest absolute Gasteiger partial charge is 0.491 e. The normalized spacial score (nSPS) is 10.7. The number of carbonyl (C=O) groups is 1. The maximum atomic E-state index is 12.3. The molecule has 0 unspecified atom stereocenters. The highest BCUT2D eigenvalue weighted by molar-refractivity contribution is 7.98. The van der Waals surface area contributed by atoms with Gasteiger partial charge in [0, 0.05) is 16.2 Å². The van der Waals surface area contributed by atoms with Gasteiger partial charge in [0.1, 0.15) is 12.4 Å². The molecule has 0 aromatic heterocycles. The Kier molecular flexibility index (Phi) is 7.77. The highest BCUT2D eigenvalue weighted by Crippen LogP contribution is 2.25. The van der Waals surface area contributed by atoms with E-state index in [0.717, 1.165) is 11.5 Å². The summed E-state index contributed by atoms with van der Waals surface area (Å²) in [6.07, 6.45) is 0. The standard InChI is InChI=1S/C25H27NO2S/c1-19(2)23-10-6-7-11-24(23)28-17-16-26-25(27)21-14-12-20(13-15-21)18-29-22-8-4-3-5-9-22/h3-15,19H,16-18H2,1-2H3,(H,26,27). The molecule has 1 amide bonds. The van der Waals surface area contributed by atoms with E-state index in [2.05, 4.69) is 37.4 Å². The van der Waals surface area contributed by atoms with Crippen molar-refractivity contribution in [3.63, 3.8) is 0 Å². The van der Waals surface area contributed by atoms with Crippen molar-refractivity contribution in [1.29, 1.82) is 0 Å². The highest BCUT2D eigenvalue weighted by atomic mass is 32.2. The van der Waals surface area contributed by atoms with E-state index >= 15 is 0 Å². The first-order valence-corrected chi connectivity index (χ1v) is 10.9. The van der Waals surface area contributed by atoms with Gasteiger partial charge >= 0.3 is 0 Å². The minimum absolute atomic E-state index is 0.0759. The molecular formula is C25H27NO2S. The maximum absolute atomic E-state index is 12.3. The van der Waals surface area contributed by atoms with Crippen LogP contribution in [0.5, 0.6) is 5.75 Å². The average Bonchev–Trinajstić information content (AvgIpc) is 2.76. The first-order valence-electron chi connectivity index (χ1n) is 9.90. The number of thioether (sulfide) groups is 1. The van der Waals surface area contributed by atoms with Crippen LogP contribution in [-0.4, -0.2) is 19.1 Å². The molecule has 3 rings (SSSR count). The average molecular weight is 406 g/mol. The summed E-state index contributed by atoms with van der Waals surface area (Å²) in [4.78, 5) is 13.6. The summed E-state index contributed by atoms with van der Waals surface area (Å²) in [5, 5.41) is 2.93. The summed E-state index contributed by atoms with van der Waals surface area (Å²) < 4.78 is 5.86. The van der Waals surface area contributed by atoms with Crippen molar-refractivity contribution in [2.75, 3.05) is 13.2 Å². The maximum Gasteiger partial charge on any atom is 0.251 e. The fraction of sp³-hybridized carbons (Fsp3) is 0.240. The Bertz CT molecular complexity index is 908. The van der Waals surface area contributed by atoms with Crippen LogP contribution in [0.1, 0.15) is 41.3 Å². The van der Waals surface area contributed by atoms with Crippen molar-refractivity contribution in [2.45, 2.75) is 30.4 Å². The van der Waals surface area contributed by atoms with E-state index in [-0.39, 0.29) is 5.91 Å². The third kappa shape index (κ3) is 6.40. The lowest BCUT2D eigenvalue weighted by Crippen LogP contribution is -2.28. The van der Waals surface area contributed by atoms with Crippen molar-refractivity contribution in [3.8, 4) is 5.75 Å². The van der Waals surface area contributed by atoms with E-state index < -0.39 is 0 Å². The molecule has 3 aromatic carbocycles. The number of hydrogen-bond donors (Lipinski definition) is 1. The number of para-hydroxylation sites is 1. The molecule has 150 valence electrons. The van der Waals surface area contributed by atoms with Gasteiger partial charge < -0.3 is 10.1 Å². The number of benzene rings is 3. The zero-order valence-electron chi connectivity index (χ0n) is 16.9. The minimum Gasteiger partial charge on any atom is -0.491 e. The predicted molar refractivity (Wildman–Crippen MR) is 121 cm³/mol. The quantitative estimate of drug-likeness (QED) is 0.355. The SMILES string of the molecule is CC(C)c1ccccc1OCCNC(=O)c1ccc(CSc2ccccc2)cc1. The summed E-state index contributed by atoms with van der Waals surface area (Å²) >= 11 is 1.79. The molecule has 29 heavy (non-hydrogen) atoms. The predicted octanol–water partition coefficient (Wildman–Crippen LogP) is 5.91. The van der Waals surface area contributed by atoms with Gasteiger partial charge in [-0.1, -0.05) is 62.4 Å². The number of carbonyl (C=O) groups excluding carboxylic acids is 1. The first-order chi connectivity index (χ1) is 14.1. The van der Waals surface area contributed by atoms with Crippen molar-refractivity contribution in [1.82, 2.24) is 5.32 Å². The van der Waals surface area contributed by atoms with Gasteiger partial charge in [0.25, 0.3) is 5.91 Å². The Morgan fingerprint density at radius 2 is 1.62 bits per heavy atom. The lowest BCUT2D eigenvalue weighted by atomic mass is 10.0. The third-order valence-electron chi connectivity index (χ3n) is 4.55. The molecule has 0 radical (unpaired) electrons. The number of ether oxygens (including phenoxy) is 1. The first kappa shape index (κ1) is 21.0. The lowest BCUT2D eigenvalue weighted by molar-refractivity contribution is 0.0947. The molecule has 4 heteroatoms. The zero-order chi connectivity index (χ0) is 20.5. The summed E-state index contributed by atoms with van der Waals surface area (Å²) in [5.41, 5.74) is 3.05. The monoisotopic (exact) mass is 405 g/mol. The second-order valence-electron chi connectivity index (χ2n) is 7.10. The second kappa shape index (κ2) is 10.7. The van der Waals surface area contributed by atoms with Gasteiger partial charge in [-0.3, -0.25) is 4.79 Å². The van der Waals surface area contributed by atoms with Gasteiger partial charge in [0.2, 0.25) is 0 Å². The molecule has 0 saturated heterocycles. The Morgan fingerprint density at radius 3 is 2.34 bits per heavy atom. The van der Waals surface area contributed by atoms with Gasteiger partial charge in [-0.25, -0.2) is 0 Å². The Hall–Kier alpha value is -2.72. The molecule has 3 nitrogen and oxygen atoms in total. The topological polar surface area (TPSA) is 38.3 Å². The zero-order valence-corrected chi connectivity index (χ0v) is 17.7. The Morgan fingerprint density at radius 1 is 0.931 bits per heavy atom. The smallest absolute Gasteiger partial charge is 0.251 e. The van der Waals surface area contributed by atoms with E-state index in [9.17, 15) is 4.79 Å². The Labute approximate surface area is 177 Å². The van der Waals surface area contributed by atoms with Crippen molar-refractivity contribution in [3.05, 3.63) is 95.6 Å². The van der Waals surface area contributed by atoms with Crippen molar-refractivity contribution < 1.29 is 9.53 Å². The summed E-state index contributed by atoms with van der Waals surface area (Å²) in [5.74, 6) is 2.10. The second-order valence-corrected chi connectivity index (χ2v) is 8.14. The number of nitrogens with one attached hydrogen (secondary N) is 1. The molecule has 0 fully saturated rings. The molecule has 0 heterocycles. The van der Waals surface area contributed by atoms with Crippen LogP contribution in [0.2, 0.25) is 0 Å². The van der Waals surface area contributed by atoms with Gasteiger partial charge in [-0.15, -0.1) is 11.8 Å². The van der Waals surface area contributed by atoms with E-state index in [4.69, 9.17) is 4.74 Å². The van der Waals surface area contributed by atoms with E-state index in [1.165, 1.54) is 16.0 Å². The van der Waals surface area contributed by atoms with Crippen LogP contribution in [0.3, 0.4) is 0 Å². The van der Waals surface area contributed by atoms with E-state index in [1.807, 2.05) is 60.7 Å². The van der Waals surface area contributed by atoms with Crippen molar-refractivity contribution >= 4 is 17.7 Å². The molecule has 0 aliphatic heterocycles. The summed E-state index contributed by atoms with van der Waals surface area (Å²) in [7, 11) is 0. The molecule has 0 saturated carbocycles. The van der Waals surface area contributed by atoms with Crippen LogP contribution in [0.4, 0.5) is 0 Å². The Balaban J connectivity index is 1.44. The van der Waals surface area contributed by atoms with Crippen LogP contribution >= 0.6 is 11.8 Å². The van der Waals surface area contributed by atoms with E-state index in [1.54, 1.807) is 11.8 Å². The number of hydrogen-bond acceptors (Lipinski definition) is 3. The fourth-order valence-electron chi connectivity index (χ4n) is 2.95.